The molecule has 0 fully saturated rings. The lowest BCUT2D eigenvalue weighted by Gasteiger charge is -2.00. The van der Waals surface area contributed by atoms with Gasteiger partial charge in [0.15, 0.2) is 5.82 Å². The monoisotopic (exact) mass is 286 g/mol. The SMILES string of the molecule is C=c1ccc(=C2N=C(Cc3ccnc(Cl)c3)ON2)cn1. The minimum absolute atomic E-state index is 0.452. The molecule has 3 heterocycles. The van der Waals surface area contributed by atoms with Crippen LogP contribution in [0.4, 0.5) is 0 Å². The average molecular weight is 287 g/mol. The molecule has 0 spiro atoms. The third kappa shape index (κ3) is 2.78. The normalized spacial score (nSPS) is 16.4. The van der Waals surface area contributed by atoms with E-state index in [0.29, 0.717) is 28.6 Å². The number of aliphatic imine (C=N–C) groups is 1. The van der Waals surface area contributed by atoms with E-state index in [1.165, 1.54) is 0 Å². The van der Waals surface area contributed by atoms with Crippen molar-refractivity contribution in [2.24, 2.45) is 4.99 Å². The van der Waals surface area contributed by atoms with Gasteiger partial charge in [-0.2, -0.15) is 4.99 Å². The summed E-state index contributed by atoms with van der Waals surface area (Å²) in [4.78, 5) is 17.8. The molecule has 3 rings (SSSR count). The van der Waals surface area contributed by atoms with Crippen molar-refractivity contribution in [1.82, 2.24) is 15.4 Å². The molecule has 0 aliphatic carbocycles. The minimum Gasteiger partial charge on any atom is -0.364 e. The predicted molar refractivity (Wildman–Crippen MR) is 77.0 cm³/mol. The lowest BCUT2D eigenvalue weighted by Crippen LogP contribution is -2.18. The number of hydroxylamine groups is 1. The largest absolute Gasteiger partial charge is 0.364 e. The second-order valence-electron chi connectivity index (χ2n) is 4.26. The lowest BCUT2D eigenvalue weighted by atomic mass is 10.2. The zero-order chi connectivity index (χ0) is 13.9. The fraction of sp³-hybridized carbons (Fsp3) is 0.0714. The van der Waals surface area contributed by atoms with Crippen molar-refractivity contribution in [3.8, 4) is 0 Å². The predicted octanol–water partition coefficient (Wildman–Crippen LogP) is 0.782. The van der Waals surface area contributed by atoms with Crippen LogP contribution >= 0.6 is 11.6 Å². The Bertz CT molecular complexity index is 765. The van der Waals surface area contributed by atoms with Gasteiger partial charge in [0.2, 0.25) is 5.90 Å². The van der Waals surface area contributed by atoms with Gasteiger partial charge >= 0.3 is 0 Å². The summed E-state index contributed by atoms with van der Waals surface area (Å²) in [5.74, 6) is 1.20. The van der Waals surface area contributed by atoms with E-state index in [1.54, 1.807) is 18.5 Å². The third-order valence-corrected chi connectivity index (χ3v) is 2.95. The molecule has 0 saturated carbocycles. The maximum Gasteiger partial charge on any atom is 0.228 e. The molecule has 0 saturated heterocycles. The molecular weight excluding hydrogens is 276 g/mol. The van der Waals surface area contributed by atoms with Crippen LogP contribution in [-0.2, 0) is 11.3 Å². The second kappa shape index (κ2) is 5.30. The topological polar surface area (TPSA) is 59.4 Å². The van der Waals surface area contributed by atoms with Crippen LogP contribution in [0.15, 0.2) is 41.7 Å². The molecule has 1 aliphatic rings. The van der Waals surface area contributed by atoms with Crippen LogP contribution in [0.25, 0.3) is 12.4 Å². The molecule has 2 aromatic heterocycles. The molecule has 0 atom stereocenters. The summed E-state index contributed by atoms with van der Waals surface area (Å²) < 4.78 is 0. The van der Waals surface area contributed by atoms with E-state index in [2.05, 4.69) is 27.0 Å². The van der Waals surface area contributed by atoms with Crippen LogP contribution in [-0.4, -0.2) is 15.9 Å². The Balaban J connectivity index is 1.87. The van der Waals surface area contributed by atoms with Gasteiger partial charge in [-0.3, -0.25) is 4.98 Å². The highest BCUT2D eigenvalue weighted by atomic mass is 35.5. The maximum atomic E-state index is 5.84. The highest BCUT2D eigenvalue weighted by Gasteiger charge is 2.13. The van der Waals surface area contributed by atoms with Crippen LogP contribution < -0.4 is 16.0 Å². The number of hydrogen-bond donors (Lipinski definition) is 1. The Kier molecular flexibility index (Phi) is 3.35. The Morgan fingerprint density at radius 2 is 2.15 bits per heavy atom. The van der Waals surface area contributed by atoms with Crippen LogP contribution in [0.3, 0.4) is 0 Å². The fourth-order valence-electron chi connectivity index (χ4n) is 1.77. The van der Waals surface area contributed by atoms with Gasteiger partial charge in [0.1, 0.15) is 5.15 Å². The molecule has 1 aliphatic heterocycles. The summed E-state index contributed by atoms with van der Waals surface area (Å²) in [6.07, 6.45) is 3.89. The van der Waals surface area contributed by atoms with Gasteiger partial charge in [0.05, 0.1) is 11.8 Å². The van der Waals surface area contributed by atoms with Crippen LogP contribution in [0.1, 0.15) is 5.56 Å². The van der Waals surface area contributed by atoms with Crippen molar-refractivity contribution in [1.29, 1.82) is 0 Å². The van der Waals surface area contributed by atoms with E-state index >= 15 is 0 Å². The number of aromatic nitrogens is 2. The van der Waals surface area contributed by atoms with Crippen molar-refractivity contribution in [3.05, 3.63) is 57.9 Å². The summed E-state index contributed by atoms with van der Waals surface area (Å²) in [6.45, 7) is 3.74. The Labute approximate surface area is 120 Å². The Hall–Kier alpha value is -2.40. The smallest absolute Gasteiger partial charge is 0.228 e. The highest BCUT2D eigenvalue weighted by Crippen LogP contribution is 2.11. The van der Waals surface area contributed by atoms with Gasteiger partial charge in [-0.05, 0) is 29.8 Å². The van der Waals surface area contributed by atoms with Gasteiger partial charge in [-0.25, -0.2) is 10.5 Å². The quantitative estimate of drug-likeness (QED) is 0.829. The molecule has 0 radical (unpaired) electrons. The van der Waals surface area contributed by atoms with E-state index in [1.807, 2.05) is 18.2 Å². The zero-order valence-corrected chi connectivity index (χ0v) is 11.3. The lowest BCUT2D eigenvalue weighted by molar-refractivity contribution is 0.248. The molecule has 0 aromatic carbocycles. The maximum absolute atomic E-state index is 5.84. The molecule has 20 heavy (non-hydrogen) atoms. The number of halogens is 1. The van der Waals surface area contributed by atoms with Crippen LogP contribution in [0.2, 0.25) is 5.15 Å². The zero-order valence-electron chi connectivity index (χ0n) is 10.5. The number of pyridine rings is 2. The molecular formula is C14H11ClN4O. The molecule has 0 amide bonds. The summed E-state index contributed by atoms with van der Waals surface area (Å²) in [6, 6.07) is 7.36. The van der Waals surface area contributed by atoms with Crippen molar-refractivity contribution in [2.45, 2.75) is 6.42 Å². The number of rotatable bonds is 2. The summed E-state index contributed by atoms with van der Waals surface area (Å²) in [5, 5.41) is 2.01. The van der Waals surface area contributed by atoms with Gasteiger partial charge in [-0.15, -0.1) is 0 Å². The van der Waals surface area contributed by atoms with Gasteiger partial charge in [0.25, 0.3) is 0 Å². The molecule has 100 valence electrons. The first-order valence-corrected chi connectivity index (χ1v) is 6.35. The van der Waals surface area contributed by atoms with Gasteiger partial charge in [-0.1, -0.05) is 18.2 Å². The molecule has 6 heteroatoms. The second-order valence-corrected chi connectivity index (χ2v) is 4.65. The van der Waals surface area contributed by atoms with E-state index in [9.17, 15) is 0 Å². The first-order chi connectivity index (χ1) is 9.70. The molecule has 5 nitrogen and oxygen atoms in total. The molecule has 1 N–H and O–H groups in total. The highest BCUT2D eigenvalue weighted by molar-refractivity contribution is 6.29. The summed E-state index contributed by atoms with van der Waals surface area (Å²) in [7, 11) is 0. The minimum atomic E-state index is 0.452. The first-order valence-electron chi connectivity index (χ1n) is 5.97. The standard InChI is InChI=1S/C14H11ClN4O/c1-9-2-3-11(8-17-9)14-18-13(20-19-14)7-10-4-5-16-12(15)6-10/h2-6,8,19H,1,7H2. The van der Waals surface area contributed by atoms with Gasteiger partial charge in [0, 0.05) is 17.6 Å². The van der Waals surface area contributed by atoms with Crippen molar-refractivity contribution >= 4 is 29.9 Å². The van der Waals surface area contributed by atoms with E-state index < -0.39 is 0 Å². The summed E-state index contributed by atoms with van der Waals surface area (Å²) >= 11 is 5.84. The average Bonchev–Trinajstić information content (AvgIpc) is 2.88. The van der Waals surface area contributed by atoms with Gasteiger partial charge < -0.3 is 4.84 Å². The summed E-state index contributed by atoms with van der Waals surface area (Å²) in [5.41, 5.74) is 3.77. The fourth-order valence-corrected chi connectivity index (χ4v) is 1.96. The van der Waals surface area contributed by atoms with Crippen molar-refractivity contribution in [2.75, 3.05) is 0 Å². The van der Waals surface area contributed by atoms with Crippen LogP contribution in [0, 0.1) is 0 Å². The van der Waals surface area contributed by atoms with E-state index in [4.69, 9.17) is 16.4 Å². The molecule has 0 unspecified atom stereocenters. The Morgan fingerprint density at radius 3 is 2.90 bits per heavy atom. The van der Waals surface area contributed by atoms with Crippen LogP contribution in [0.5, 0.6) is 0 Å². The third-order valence-electron chi connectivity index (χ3n) is 2.75. The number of nitrogens with zero attached hydrogens (tertiary/aromatic N) is 3. The first kappa shape index (κ1) is 12.6. The molecule has 0 bridgehead atoms. The Morgan fingerprint density at radius 1 is 1.25 bits per heavy atom. The number of hydrogen-bond acceptors (Lipinski definition) is 5. The van der Waals surface area contributed by atoms with Crippen molar-refractivity contribution in [3.63, 3.8) is 0 Å². The van der Waals surface area contributed by atoms with E-state index in [0.717, 1.165) is 10.8 Å². The number of nitrogens with one attached hydrogen (secondary N) is 1. The molecule has 2 aromatic rings. The van der Waals surface area contributed by atoms with E-state index in [-0.39, 0.29) is 0 Å². The van der Waals surface area contributed by atoms with Crippen molar-refractivity contribution < 1.29 is 4.84 Å².